The zero-order valence-corrected chi connectivity index (χ0v) is 14.6. The van der Waals surface area contributed by atoms with Gasteiger partial charge < -0.3 is 9.67 Å². The van der Waals surface area contributed by atoms with Gasteiger partial charge >= 0.3 is 0 Å². The van der Waals surface area contributed by atoms with Crippen molar-refractivity contribution in [2.75, 3.05) is 0 Å². The zero-order valence-electron chi connectivity index (χ0n) is 13.9. The number of aromatic nitrogens is 1. The Kier molecular flexibility index (Phi) is 4.36. The molecular formula is C20H22ClNO. The maximum absolute atomic E-state index is 10.2. The van der Waals surface area contributed by atoms with Crippen LogP contribution in [0.4, 0.5) is 0 Å². The molecule has 3 heteroatoms. The van der Waals surface area contributed by atoms with Crippen LogP contribution in [0, 0.1) is 6.92 Å². The van der Waals surface area contributed by atoms with Crippen LogP contribution in [0.25, 0.3) is 21.8 Å². The van der Waals surface area contributed by atoms with E-state index in [1.54, 1.807) is 0 Å². The minimum Gasteiger partial charge on any atom is -0.512 e. The Morgan fingerprint density at radius 3 is 2.43 bits per heavy atom. The fourth-order valence-corrected chi connectivity index (χ4v) is 3.24. The molecule has 0 aliphatic carbocycles. The molecule has 0 saturated carbocycles. The molecule has 0 aliphatic rings. The molecule has 23 heavy (non-hydrogen) atoms. The van der Waals surface area contributed by atoms with Gasteiger partial charge in [-0.2, -0.15) is 0 Å². The van der Waals surface area contributed by atoms with Gasteiger partial charge in [0.25, 0.3) is 0 Å². The lowest BCUT2D eigenvalue weighted by Gasteiger charge is -2.09. The molecular weight excluding hydrogens is 306 g/mol. The Morgan fingerprint density at radius 1 is 1.09 bits per heavy atom. The van der Waals surface area contributed by atoms with E-state index in [4.69, 9.17) is 11.6 Å². The molecule has 2 nitrogen and oxygen atoms in total. The quantitative estimate of drug-likeness (QED) is 0.552. The van der Waals surface area contributed by atoms with Crippen molar-refractivity contribution in [2.45, 2.75) is 40.2 Å². The first-order valence-corrected chi connectivity index (χ1v) is 8.44. The van der Waals surface area contributed by atoms with Gasteiger partial charge in [-0.1, -0.05) is 30.2 Å². The predicted molar refractivity (Wildman–Crippen MR) is 99.4 cm³/mol. The molecule has 0 fully saturated rings. The second-order valence-electron chi connectivity index (χ2n) is 6.16. The Balaban J connectivity index is 2.14. The fourth-order valence-electron chi connectivity index (χ4n) is 3.07. The third-order valence-corrected chi connectivity index (χ3v) is 4.81. The lowest BCUT2D eigenvalue weighted by atomic mass is 10.1. The second-order valence-corrected chi connectivity index (χ2v) is 6.60. The number of allylic oxidation sites excluding steroid dienone is 2. The van der Waals surface area contributed by atoms with Crippen molar-refractivity contribution in [1.82, 2.24) is 4.57 Å². The maximum Gasteiger partial charge on any atom is 0.0929 e. The number of nitrogens with zero attached hydrogens (tertiary/aromatic N) is 1. The average Bonchev–Trinajstić information content (AvgIpc) is 2.84. The van der Waals surface area contributed by atoms with Crippen LogP contribution < -0.4 is 0 Å². The minimum atomic E-state index is 0.503. The molecule has 0 spiro atoms. The molecule has 1 aromatic heterocycles. The number of hydrogen-bond donors (Lipinski definition) is 1. The summed E-state index contributed by atoms with van der Waals surface area (Å²) in [6.45, 7) is 6.92. The lowest BCUT2D eigenvalue weighted by molar-refractivity contribution is 0.371. The number of halogens is 1. The van der Waals surface area contributed by atoms with Crippen LogP contribution in [-0.2, 0) is 6.54 Å². The van der Waals surface area contributed by atoms with E-state index < -0.39 is 0 Å². The second kappa shape index (κ2) is 6.29. The molecule has 0 atom stereocenters. The van der Waals surface area contributed by atoms with E-state index in [-0.39, 0.29) is 0 Å². The van der Waals surface area contributed by atoms with Crippen molar-refractivity contribution in [1.29, 1.82) is 0 Å². The van der Waals surface area contributed by atoms with Gasteiger partial charge in [-0.15, -0.1) is 0 Å². The topological polar surface area (TPSA) is 25.2 Å². The van der Waals surface area contributed by atoms with Crippen LogP contribution in [-0.4, -0.2) is 9.67 Å². The van der Waals surface area contributed by atoms with Gasteiger partial charge in [0.2, 0.25) is 0 Å². The fraction of sp³-hybridized carbons (Fsp3) is 0.300. The molecule has 0 aliphatic heterocycles. The highest BCUT2D eigenvalue weighted by Gasteiger charge is 2.12. The van der Waals surface area contributed by atoms with Crippen molar-refractivity contribution in [2.24, 2.45) is 0 Å². The summed E-state index contributed by atoms with van der Waals surface area (Å²) in [5.41, 5.74) is 4.65. The van der Waals surface area contributed by atoms with E-state index in [0.717, 1.165) is 29.1 Å². The molecule has 120 valence electrons. The minimum absolute atomic E-state index is 0.503. The van der Waals surface area contributed by atoms with Gasteiger partial charge in [0, 0.05) is 39.8 Å². The lowest BCUT2D eigenvalue weighted by Crippen LogP contribution is -2.00. The molecule has 2 aromatic carbocycles. The van der Waals surface area contributed by atoms with Crippen molar-refractivity contribution >= 4 is 33.4 Å². The summed E-state index contributed by atoms with van der Waals surface area (Å²) in [6.07, 6.45) is 1.53. The summed E-state index contributed by atoms with van der Waals surface area (Å²) >= 11 is 6.20. The SMILES string of the molecule is CC/C(C)=C(/O)CCn1c2ccc(C)cc2c2cc(Cl)ccc21. The van der Waals surface area contributed by atoms with Crippen LogP contribution in [0.5, 0.6) is 0 Å². The molecule has 0 amide bonds. The Bertz CT molecular complexity index is 846. The number of aryl methyl sites for hydroxylation is 2. The number of aliphatic hydroxyl groups excluding tert-OH is 1. The summed E-state index contributed by atoms with van der Waals surface area (Å²) in [6, 6.07) is 12.5. The smallest absolute Gasteiger partial charge is 0.0929 e. The highest BCUT2D eigenvalue weighted by molar-refractivity contribution is 6.31. The van der Waals surface area contributed by atoms with Crippen molar-refractivity contribution in [3.63, 3.8) is 0 Å². The van der Waals surface area contributed by atoms with Gasteiger partial charge in [0.05, 0.1) is 5.76 Å². The zero-order chi connectivity index (χ0) is 16.6. The number of fused-ring (bicyclic) bond motifs is 3. The van der Waals surface area contributed by atoms with E-state index in [9.17, 15) is 5.11 Å². The highest BCUT2D eigenvalue weighted by atomic mass is 35.5. The summed E-state index contributed by atoms with van der Waals surface area (Å²) in [7, 11) is 0. The Morgan fingerprint density at radius 2 is 1.74 bits per heavy atom. The molecule has 0 radical (unpaired) electrons. The Labute approximate surface area is 142 Å². The molecule has 0 saturated heterocycles. The van der Waals surface area contributed by atoms with Gasteiger partial charge in [-0.05, 0) is 56.2 Å². The van der Waals surface area contributed by atoms with Crippen LogP contribution >= 0.6 is 11.6 Å². The Hall–Kier alpha value is -1.93. The van der Waals surface area contributed by atoms with E-state index >= 15 is 0 Å². The van der Waals surface area contributed by atoms with Crippen molar-refractivity contribution < 1.29 is 5.11 Å². The number of aliphatic hydroxyl groups is 1. The largest absolute Gasteiger partial charge is 0.512 e. The van der Waals surface area contributed by atoms with Gasteiger partial charge in [0.15, 0.2) is 0 Å². The van der Waals surface area contributed by atoms with Crippen LogP contribution in [0.2, 0.25) is 5.02 Å². The molecule has 0 unspecified atom stereocenters. The summed E-state index contributed by atoms with van der Waals surface area (Å²) in [4.78, 5) is 0. The molecule has 1 N–H and O–H groups in total. The average molecular weight is 328 g/mol. The normalized spacial score (nSPS) is 12.9. The number of rotatable bonds is 4. The first kappa shape index (κ1) is 15.9. The molecule has 1 heterocycles. The summed E-state index contributed by atoms with van der Waals surface area (Å²) < 4.78 is 2.28. The number of hydrogen-bond acceptors (Lipinski definition) is 1. The van der Waals surface area contributed by atoms with Crippen LogP contribution in [0.15, 0.2) is 47.7 Å². The third kappa shape index (κ3) is 2.96. The van der Waals surface area contributed by atoms with Crippen molar-refractivity contribution in [3.8, 4) is 0 Å². The highest BCUT2D eigenvalue weighted by Crippen LogP contribution is 2.32. The van der Waals surface area contributed by atoms with Crippen molar-refractivity contribution in [3.05, 3.63) is 58.3 Å². The molecule has 3 rings (SSSR count). The number of benzene rings is 2. The first-order chi connectivity index (χ1) is 11.0. The standard InChI is InChI=1S/C20H22ClNO/c1-4-14(3)20(23)9-10-22-18-7-5-13(2)11-16(18)17-12-15(21)6-8-19(17)22/h5-8,11-12,23H,4,9-10H2,1-3H3/b20-14+. The van der Waals surface area contributed by atoms with E-state index in [2.05, 4.69) is 42.7 Å². The monoisotopic (exact) mass is 327 g/mol. The maximum atomic E-state index is 10.2. The van der Waals surface area contributed by atoms with Gasteiger partial charge in [-0.25, -0.2) is 0 Å². The van der Waals surface area contributed by atoms with E-state index in [1.165, 1.54) is 21.9 Å². The van der Waals surface area contributed by atoms with Gasteiger partial charge in [0.1, 0.15) is 0 Å². The first-order valence-electron chi connectivity index (χ1n) is 8.07. The van der Waals surface area contributed by atoms with Gasteiger partial charge in [-0.3, -0.25) is 0 Å². The molecule has 3 aromatic rings. The molecule has 0 bridgehead atoms. The third-order valence-electron chi connectivity index (χ3n) is 4.58. The summed E-state index contributed by atoms with van der Waals surface area (Å²) in [5, 5.41) is 13.3. The predicted octanol–water partition coefficient (Wildman–Crippen LogP) is 6.39. The van der Waals surface area contributed by atoms with Crippen LogP contribution in [0.1, 0.15) is 32.3 Å². The van der Waals surface area contributed by atoms with E-state index in [0.29, 0.717) is 12.2 Å². The van der Waals surface area contributed by atoms with E-state index in [1.807, 2.05) is 19.1 Å². The van der Waals surface area contributed by atoms with Crippen LogP contribution in [0.3, 0.4) is 0 Å². The summed E-state index contributed by atoms with van der Waals surface area (Å²) in [5.74, 6) is 0.503.